The first kappa shape index (κ1) is 15.5. The van der Waals surface area contributed by atoms with Crippen LogP contribution in [0.1, 0.15) is 23.6 Å². The summed E-state index contributed by atoms with van der Waals surface area (Å²) in [4.78, 5) is 31.7. The van der Waals surface area contributed by atoms with Gasteiger partial charge in [-0.05, 0) is 37.6 Å². The second-order valence-corrected chi connectivity index (χ2v) is 6.40. The van der Waals surface area contributed by atoms with E-state index >= 15 is 0 Å². The smallest absolute Gasteiger partial charge is 0.342 e. The Hall–Kier alpha value is -2.99. The highest BCUT2D eigenvalue weighted by Crippen LogP contribution is 2.32. The quantitative estimate of drug-likeness (QED) is 0.664. The van der Waals surface area contributed by atoms with Crippen LogP contribution >= 0.6 is 0 Å². The van der Waals surface area contributed by atoms with Crippen molar-refractivity contribution in [1.82, 2.24) is 9.97 Å². The first-order valence-corrected chi connectivity index (χ1v) is 7.91. The van der Waals surface area contributed by atoms with Crippen molar-refractivity contribution in [2.45, 2.75) is 26.1 Å². The molecule has 0 saturated heterocycles. The molecular weight excluding hydrogens is 320 g/mol. The highest BCUT2D eigenvalue weighted by atomic mass is 16.6. The molecule has 2 aromatic heterocycles. The Bertz CT molecular complexity index is 1080. The lowest BCUT2D eigenvalue weighted by molar-refractivity contribution is -0.169. The summed E-state index contributed by atoms with van der Waals surface area (Å²) in [5, 5.41) is 11.5. The number of fused-ring (bicyclic) bond motifs is 2. The Balaban J connectivity index is 1.98. The van der Waals surface area contributed by atoms with Crippen LogP contribution in [0.5, 0.6) is 0 Å². The Morgan fingerprint density at radius 3 is 2.80 bits per heavy atom. The van der Waals surface area contributed by atoms with Crippen LogP contribution in [-0.4, -0.2) is 21.0 Å². The molecule has 3 aromatic rings. The number of carbonyl (C=O) groups is 1. The Morgan fingerprint density at radius 2 is 2.00 bits per heavy atom. The number of benzene rings is 1. The lowest BCUT2D eigenvalue weighted by Crippen LogP contribution is -2.41. The molecule has 0 radical (unpaired) electrons. The number of aryl methyl sites for hydroxylation is 1. The van der Waals surface area contributed by atoms with Gasteiger partial charge in [0.25, 0.3) is 5.56 Å². The summed E-state index contributed by atoms with van der Waals surface area (Å²) in [7, 11) is 0. The number of aromatic nitrogens is 2. The van der Waals surface area contributed by atoms with Gasteiger partial charge in [0, 0.05) is 10.9 Å². The number of H-pyrrole nitrogens is 1. The van der Waals surface area contributed by atoms with E-state index < -0.39 is 17.1 Å². The van der Waals surface area contributed by atoms with E-state index in [-0.39, 0.29) is 17.7 Å². The lowest BCUT2D eigenvalue weighted by atomic mass is 9.89. The number of hydrogen-bond acceptors (Lipinski definition) is 5. The summed E-state index contributed by atoms with van der Waals surface area (Å²) >= 11 is 0. The van der Waals surface area contributed by atoms with Gasteiger partial charge in [0.05, 0.1) is 22.5 Å². The maximum absolute atomic E-state index is 12.4. The van der Waals surface area contributed by atoms with Crippen LogP contribution in [0, 0.1) is 6.92 Å². The first-order valence-electron chi connectivity index (χ1n) is 7.91. The van der Waals surface area contributed by atoms with Crippen molar-refractivity contribution in [1.29, 1.82) is 0 Å². The lowest BCUT2D eigenvalue weighted by Gasteiger charge is -2.28. The fourth-order valence-corrected chi connectivity index (χ4v) is 3.18. The molecule has 25 heavy (non-hydrogen) atoms. The van der Waals surface area contributed by atoms with Crippen LogP contribution in [-0.2, 0) is 21.7 Å². The average Bonchev–Trinajstić information content (AvgIpc) is 2.58. The van der Waals surface area contributed by atoms with Gasteiger partial charge in [0.15, 0.2) is 5.60 Å². The summed E-state index contributed by atoms with van der Waals surface area (Å²) < 4.78 is 4.90. The number of nitrogens with zero attached hydrogens (tertiary/aromatic N) is 1. The normalized spacial score (nSPS) is 19.6. The van der Waals surface area contributed by atoms with Gasteiger partial charge in [-0.1, -0.05) is 18.2 Å². The number of cyclic esters (lactones) is 1. The van der Waals surface area contributed by atoms with Crippen molar-refractivity contribution in [3.63, 3.8) is 0 Å². The molecule has 0 fully saturated rings. The van der Waals surface area contributed by atoms with E-state index in [1.165, 1.54) is 6.92 Å². The maximum Gasteiger partial charge on any atom is 0.342 e. The molecule has 6 heteroatoms. The number of carbonyl (C=O) groups excluding carboxylic acids is 1. The largest absolute Gasteiger partial charge is 0.458 e. The number of rotatable bonds is 1. The van der Waals surface area contributed by atoms with E-state index in [0.29, 0.717) is 11.4 Å². The second kappa shape index (κ2) is 5.26. The van der Waals surface area contributed by atoms with Crippen molar-refractivity contribution in [2.75, 3.05) is 0 Å². The van der Waals surface area contributed by atoms with E-state index in [0.717, 1.165) is 16.5 Å². The number of aliphatic hydroxyl groups is 1. The number of esters is 1. The Morgan fingerprint density at radius 1 is 1.24 bits per heavy atom. The summed E-state index contributed by atoms with van der Waals surface area (Å²) in [5.74, 6) is -0.764. The molecule has 1 aliphatic heterocycles. The number of ether oxygens (including phenoxy) is 1. The molecule has 0 amide bonds. The van der Waals surface area contributed by atoms with Gasteiger partial charge in [-0.25, -0.2) is 9.78 Å². The van der Waals surface area contributed by atoms with Gasteiger partial charge in [-0.2, -0.15) is 0 Å². The predicted octanol–water partition coefficient (Wildman–Crippen LogP) is 2.16. The molecule has 126 valence electrons. The topological polar surface area (TPSA) is 92.3 Å². The summed E-state index contributed by atoms with van der Waals surface area (Å²) in [6, 6.07) is 11.3. The fourth-order valence-electron chi connectivity index (χ4n) is 3.18. The summed E-state index contributed by atoms with van der Waals surface area (Å²) in [6.45, 7) is 3.08. The first-order chi connectivity index (χ1) is 11.9. The molecule has 0 aliphatic carbocycles. The fraction of sp³-hybridized carbons (Fsp3) is 0.211. The standard InChI is InChI=1S/C19H16N2O4/c1-10-7-11-5-3-4-6-14(11)20-16(10)15-8-13-12(17(22)21-15)9-25-18(23)19(13,2)24/h3-8,24H,9H2,1-2H3,(H,21,22). The third-order valence-corrected chi connectivity index (χ3v) is 4.58. The minimum absolute atomic E-state index is 0.149. The zero-order valence-corrected chi connectivity index (χ0v) is 13.8. The van der Waals surface area contributed by atoms with Crippen LogP contribution < -0.4 is 5.56 Å². The van der Waals surface area contributed by atoms with Gasteiger partial charge >= 0.3 is 5.97 Å². The van der Waals surface area contributed by atoms with E-state index in [4.69, 9.17) is 4.74 Å². The van der Waals surface area contributed by atoms with Crippen molar-refractivity contribution in [2.24, 2.45) is 0 Å². The molecule has 1 aromatic carbocycles. The van der Waals surface area contributed by atoms with E-state index in [1.807, 2.05) is 37.3 Å². The molecule has 1 unspecified atom stereocenters. The molecule has 6 nitrogen and oxygen atoms in total. The minimum Gasteiger partial charge on any atom is -0.458 e. The molecule has 0 saturated carbocycles. The SMILES string of the molecule is Cc1cc2ccccc2nc1-c1cc2c(c(=O)[nH]1)COC(=O)C2(C)O. The van der Waals surface area contributed by atoms with E-state index in [9.17, 15) is 14.7 Å². The van der Waals surface area contributed by atoms with Crippen molar-refractivity contribution >= 4 is 16.9 Å². The van der Waals surface area contributed by atoms with Gasteiger partial charge in [-0.3, -0.25) is 4.79 Å². The zero-order chi connectivity index (χ0) is 17.8. The number of hydrogen-bond donors (Lipinski definition) is 2. The molecule has 1 atom stereocenters. The summed E-state index contributed by atoms with van der Waals surface area (Å²) in [6.07, 6.45) is 0. The average molecular weight is 336 g/mol. The van der Waals surface area contributed by atoms with Crippen LogP contribution in [0.15, 0.2) is 41.2 Å². The number of para-hydroxylation sites is 1. The highest BCUT2D eigenvalue weighted by Gasteiger charge is 2.41. The number of nitrogens with one attached hydrogen (secondary N) is 1. The van der Waals surface area contributed by atoms with Crippen molar-refractivity contribution < 1.29 is 14.6 Å². The minimum atomic E-state index is -1.86. The third kappa shape index (κ3) is 2.34. The predicted molar refractivity (Wildman–Crippen MR) is 91.9 cm³/mol. The molecular formula is C19H16N2O4. The number of aromatic amines is 1. The molecule has 1 aliphatic rings. The highest BCUT2D eigenvalue weighted by molar-refractivity contribution is 5.85. The molecule has 0 spiro atoms. The van der Waals surface area contributed by atoms with Gasteiger partial charge in [0.1, 0.15) is 6.61 Å². The van der Waals surface area contributed by atoms with Crippen LogP contribution in [0.4, 0.5) is 0 Å². The van der Waals surface area contributed by atoms with E-state index in [1.54, 1.807) is 6.07 Å². The third-order valence-electron chi connectivity index (χ3n) is 4.58. The molecule has 2 N–H and O–H groups in total. The van der Waals surface area contributed by atoms with Crippen LogP contribution in [0.2, 0.25) is 0 Å². The molecule has 3 heterocycles. The van der Waals surface area contributed by atoms with E-state index in [2.05, 4.69) is 9.97 Å². The van der Waals surface area contributed by atoms with Crippen LogP contribution in [0.3, 0.4) is 0 Å². The summed E-state index contributed by atoms with van der Waals surface area (Å²) in [5.41, 5.74) is 1.01. The number of pyridine rings is 2. The monoisotopic (exact) mass is 336 g/mol. The van der Waals surface area contributed by atoms with Crippen molar-refractivity contribution in [3.05, 3.63) is 63.4 Å². The van der Waals surface area contributed by atoms with Crippen molar-refractivity contribution in [3.8, 4) is 11.4 Å². The van der Waals surface area contributed by atoms with Gasteiger partial charge in [-0.15, -0.1) is 0 Å². The van der Waals surface area contributed by atoms with Gasteiger partial charge < -0.3 is 14.8 Å². The van der Waals surface area contributed by atoms with Crippen LogP contribution in [0.25, 0.3) is 22.3 Å². The second-order valence-electron chi connectivity index (χ2n) is 6.40. The van der Waals surface area contributed by atoms with Gasteiger partial charge in [0.2, 0.25) is 0 Å². The maximum atomic E-state index is 12.4. The Labute approximate surface area is 143 Å². The Kier molecular flexibility index (Phi) is 3.27. The molecule has 4 rings (SSSR count). The molecule has 0 bridgehead atoms. The zero-order valence-electron chi connectivity index (χ0n) is 13.8.